The highest BCUT2D eigenvalue weighted by Gasteiger charge is 2.20. The van der Waals surface area contributed by atoms with Gasteiger partial charge in [0, 0.05) is 32.3 Å². The van der Waals surface area contributed by atoms with Gasteiger partial charge in [-0.25, -0.2) is 9.83 Å². The SMILES string of the molecule is [C-]#[N+]c1ccc2oc3ccc4c(c5ccccc5n4-c4cccc(-n5c6ccccc6c6cc(C#N)ccc65)n4)c3c2c1. The summed E-state index contributed by atoms with van der Waals surface area (Å²) >= 11 is 0. The molecule has 0 aliphatic rings. The maximum atomic E-state index is 9.55. The fraction of sp³-hybridized carbons (Fsp3) is 0. The van der Waals surface area contributed by atoms with Crippen LogP contribution in [0.2, 0.25) is 0 Å². The highest BCUT2D eigenvalue weighted by Crippen LogP contribution is 2.42. The molecule has 0 amide bonds. The molecule has 0 spiro atoms. The van der Waals surface area contributed by atoms with Gasteiger partial charge in [-0.05, 0) is 66.7 Å². The van der Waals surface area contributed by atoms with E-state index in [0.29, 0.717) is 11.3 Å². The monoisotopic (exact) mass is 549 g/mol. The summed E-state index contributed by atoms with van der Waals surface area (Å²) in [5.41, 5.74) is 6.83. The van der Waals surface area contributed by atoms with Crippen molar-refractivity contribution in [3.8, 4) is 17.7 Å². The van der Waals surface area contributed by atoms with E-state index in [-0.39, 0.29) is 0 Å². The molecule has 0 saturated carbocycles. The highest BCUT2D eigenvalue weighted by atomic mass is 16.3. The van der Waals surface area contributed by atoms with Crippen molar-refractivity contribution in [2.45, 2.75) is 0 Å². The van der Waals surface area contributed by atoms with E-state index in [0.717, 1.165) is 77.2 Å². The smallest absolute Gasteiger partial charge is 0.188 e. The molecule has 0 unspecified atom stereocenters. The second-order valence-electron chi connectivity index (χ2n) is 10.6. The Labute approximate surface area is 244 Å². The number of fused-ring (bicyclic) bond motifs is 10. The van der Waals surface area contributed by atoms with Gasteiger partial charge in [0.05, 0.1) is 40.3 Å². The van der Waals surface area contributed by atoms with E-state index in [1.807, 2.05) is 72.8 Å². The summed E-state index contributed by atoms with van der Waals surface area (Å²) in [6.45, 7) is 7.56. The number of nitrogens with zero attached hydrogens (tertiary/aromatic N) is 5. The zero-order valence-electron chi connectivity index (χ0n) is 22.6. The Balaban J connectivity index is 1.36. The lowest BCUT2D eigenvalue weighted by Crippen LogP contribution is -2.03. The molecule has 5 aromatic carbocycles. The van der Waals surface area contributed by atoms with E-state index in [1.54, 1.807) is 6.07 Å². The minimum absolute atomic E-state index is 0.582. The summed E-state index contributed by atoms with van der Waals surface area (Å²) in [7, 11) is 0. The standard InChI is InChI=1S/C37H19N5O/c1-39-23-14-17-32-27(20-23)37-33(43-32)18-16-31-36(37)25-8-3-5-10-29(25)42(31)35-12-6-11-34(40-35)41-28-9-4-2-7-24(28)26-19-22(21-38)13-15-30(26)41/h2-20H. The molecule has 0 radical (unpaired) electrons. The molecule has 0 saturated heterocycles. The Hall–Kier alpha value is -6.37. The summed E-state index contributed by atoms with van der Waals surface area (Å²) in [4.78, 5) is 8.92. The maximum absolute atomic E-state index is 9.55. The summed E-state index contributed by atoms with van der Waals surface area (Å²) in [5.74, 6) is 1.58. The molecular weight excluding hydrogens is 530 g/mol. The molecule has 198 valence electrons. The lowest BCUT2D eigenvalue weighted by molar-refractivity contribution is 0.669. The Morgan fingerprint density at radius 3 is 2.07 bits per heavy atom. The number of furan rings is 1. The van der Waals surface area contributed by atoms with Crippen LogP contribution < -0.4 is 0 Å². The van der Waals surface area contributed by atoms with Crippen molar-refractivity contribution in [3.05, 3.63) is 132 Å². The Morgan fingerprint density at radius 1 is 0.605 bits per heavy atom. The predicted octanol–water partition coefficient (Wildman–Crippen LogP) is 9.60. The van der Waals surface area contributed by atoms with E-state index >= 15 is 0 Å². The third-order valence-electron chi connectivity index (χ3n) is 8.36. The molecule has 4 heterocycles. The third kappa shape index (κ3) is 3.18. The number of hydrogen-bond donors (Lipinski definition) is 0. The van der Waals surface area contributed by atoms with Gasteiger partial charge in [0.2, 0.25) is 0 Å². The molecule has 0 aliphatic carbocycles. The fourth-order valence-corrected chi connectivity index (χ4v) is 6.58. The molecule has 6 heteroatoms. The summed E-state index contributed by atoms with van der Waals surface area (Å²) in [6, 6.07) is 40.4. The van der Waals surface area contributed by atoms with Crippen LogP contribution in [0.3, 0.4) is 0 Å². The number of hydrogen-bond acceptors (Lipinski definition) is 3. The maximum Gasteiger partial charge on any atom is 0.188 e. The Bertz CT molecular complexity index is 2710. The van der Waals surface area contributed by atoms with Crippen LogP contribution in [0.5, 0.6) is 0 Å². The van der Waals surface area contributed by atoms with Crippen molar-refractivity contribution in [2.75, 3.05) is 0 Å². The number of benzene rings is 5. The first kappa shape index (κ1) is 23.3. The predicted molar refractivity (Wildman–Crippen MR) is 171 cm³/mol. The van der Waals surface area contributed by atoms with Crippen LogP contribution >= 0.6 is 0 Å². The molecule has 0 fully saturated rings. The van der Waals surface area contributed by atoms with Crippen LogP contribution in [0, 0.1) is 17.9 Å². The number of rotatable bonds is 2. The van der Waals surface area contributed by atoms with Crippen molar-refractivity contribution in [2.24, 2.45) is 0 Å². The molecule has 4 aromatic heterocycles. The summed E-state index contributed by atoms with van der Waals surface area (Å²) in [5, 5.41) is 15.7. The van der Waals surface area contributed by atoms with Gasteiger partial charge < -0.3 is 4.42 Å². The van der Waals surface area contributed by atoms with Crippen LogP contribution in [-0.2, 0) is 0 Å². The molecule has 0 bridgehead atoms. The van der Waals surface area contributed by atoms with Gasteiger partial charge in [-0.1, -0.05) is 48.5 Å². The van der Waals surface area contributed by atoms with Gasteiger partial charge >= 0.3 is 0 Å². The molecule has 43 heavy (non-hydrogen) atoms. The number of aromatic nitrogens is 3. The van der Waals surface area contributed by atoms with E-state index in [1.165, 1.54) is 0 Å². The van der Waals surface area contributed by atoms with Crippen LogP contribution in [0.4, 0.5) is 5.69 Å². The summed E-state index contributed by atoms with van der Waals surface area (Å²) in [6.07, 6.45) is 0. The largest absolute Gasteiger partial charge is 0.456 e. The van der Waals surface area contributed by atoms with Crippen molar-refractivity contribution < 1.29 is 4.42 Å². The lowest BCUT2D eigenvalue weighted by Gasteiger charge is -2.11. The minimum Gasteiger partial charge on any atom is -0.456 e. The van der Waals surface area contributed by atoms with Crippen LogP contribution in [-0.4, -0.2) is 14.1 Å². The van der Waals surface area contributed by atoms with E-state index in [4.69, 9.17) is 16.0 Å². The van der Waals surface area contributed by atoms with Crippen LogP contribution in [0.15, 0.2) is 120 Å². The van der Waals surface area contributed by atoms with Crippen molar-refractivity contribution >= 4 is 71.2 Å². The fourth-order valence-electron chi connectivity index (χ4n) is 6.58. The molecule has 0 atom stereocenters. The average Bonchev–Trinajstić information content (AvgIpc) is 3.71. The zero-order chi connectivity index (χ0) is 28.7. The van der Waals surface area contributed by atoms with Gasteiger partial charge in [0.1, 0.15) is 22.8 Å². The number of nitriles is 1. The topological polar surface area (TPSA) is 64.0 Å². The molecular formula is C37H19N5O. The molecule has 0 N–H and O–H groups in total. The summed E-state index contributed by atoms with van der Waals surface area (Å²) < 4.78 is 10.6. The molecule has 9 aromatic rings. The lowest BCUT2D eigenvalue weighted by atomic mass is 10.1. The second-order valence-corrected chi connectivity index (χ2v) is 10.6. The van der Waals surface area contributed by atoms with Gasteiger partial charge in [0.15, 0.2) is 5.69 Å². The van der Waals surface area contributed by atoms with Crippen molar-refractivity contribution in [3.63, 3.8) is 0 Å². The van der Waals surface area contributed by atoms with Gasteiger partial charge in [0.25, 0.3) is 0 Å². The van der Waals surface area contributed by atoms with Crippen LogP contribution in [0.1, 0.15) is 5.56 Å². The molecule has 9 rings (SSSR count). The van der Waals surface area contributed by atoms with Gasteiger partial charge in [-0.15, -0.1) is 0 Å². The van der Waals surface area contributed by atoms with Crippen LogP contribution in [0.25, 0.3) is 82.0 Å². The van der Waals surface area contributed by atoms with Crippen molar-refractivity contribution in [1.29, 1.82) is 5.26 Å². The first-order chi connectivity index (χ1) is 21.2. The zero-order valence-corrected chi connectivity index (χ0v) is 22.6. The second kappa shape index (κ2) is 8.57. The number of para-hydroxylation sites is 2. The van der Waals surface area contributed by atoms with Gasteiger partial charge in [-0.3, -0.25) is 9.13 Å². The van der Waals surface area contributed by atoms with E-state index in [9.17, 15) is 5.26 Å². The molecule has 6 nitrogen and oxygen atoms in total. The first-order valence-corrected chi connectivity index (χ1v) is 13.9. The quantitative estimate of drug-likeness (QED) is 0.202. The van der Waals surface area contributed by atoms with Gasteiger partial charge in [-0.2, -0.15) is 5.26 Å². The Kier molecular flexibility index (Phi) is 4.65. The van der Waals surface area contributed by atoms with E-state index < -0.39 is 0 Å². The average molecular weight is 550 g/mol. The normalized spacial score (nSPS) is 11.7. The highest BCUT2D eigenvalue weighted by molar-refractivity contribution is 6.27. The molecule has 0 aliphatic heterocycles. The minimum atomic E-state index is 0.582. The first-order valence-electron chi connectivity index (χ1n) is 13.9. The van der Waals surface area contributed by atoms with E-state index in [2.05, 4.69) is 56.4 Å². The Morgan fingerprint density at radius 2 is 1.28 bits per heavy atom. The number of pyridine rings is 1. The van der Waals surface area contributed by atoms with Crippen molar-refractivity contribution in [1.82, 2.24) is 14.1 Å². The third-order valence-corrected chi connectivity index (χ3v) is 8.36.